The molecule has 0 atom stereocenters. The van der Waals surface area contributed by atoms with E-state index >= 15 is 0 Å². The molecular weight excluding hydrogens is 131 g/mol. The fraction of sp³-hybridized carbons (Fsp3) is 0.250. The molecule has 1 aromatic rings. The van der Waals surface area contributed by atoms with Gasteiger partial charge in [0, 0.05) is 5.56 Å². The molecule has 0 saturated carbocycles. The van der Waals surface area contributed by atoms with Crippen LogP contribution in [0.4, 0.5) is 4.39 Å². The average Bonchev–Trinajstić information content (AvgIpc) is 1.88. The van der Waals surface area contributed by atoms with E-state index < -0.39 is 0 Å². The highest BCUT2D eigenvalue weighted by Gasteiger charge is 2.02. The van der Waals surface area contributed by atoms with Gasteiger partial charge in [0.15, 0.2) is 0 Å². The fourth-order valence-electron chi connectivity index (χ4n) is 0.897. The lowest BCUT2D eigenvalue weighted by molar-refractivity contribution is 0.460. The average molecular weight is 140 g/mol. The van der Waals surface area contributed by atoms with Crippen molar-refractivity contribution in [2.45, 2.75) is 13.3 Å². The second-order valence-electron chi connectivity index (χ2n) is 2.09. The van der Waals surface area contributed by atoms with Crippen LogP contribution in [-0.2, 0) is 6.42 Å². The number of phenolic OH excluding ortho intramolecular Hbond substituents is 1. The maximum absolute atomic E-state index is 12.7. The summed E-state index contributed by atoms with van der Waals surface area (Å²) in [4.78, 5) is 0. The first-order valence-corrected chi connectivity index (χ1v) is 3.22. The number of aromatic hydroxyl groups is 1. The molecule has 1 nitrogen and oxygen atoms in total. The number of phenols is 1. The lowest BCUT2D eigenvalue weighted by Crippen LogP contribution is -1.86. The minimum absolute atomic E-state index is 0.0440. The standard InChI is InChI=1S/C8H9FO/c1-2-6-7(9)4-3-5-8(6)10/h3-5,10H,2H2,1H3. The highest BCUT2D eigenvalue weighted by molar-refractivity contribution is 5.32. The Morgan fingerprint density at radius 3 is 2.60 bits per heavy atom. The first kappa shape index (κ1) is 7.06. The van der Waals surface area contributed by atoms with Gasteiger partial charge in [0.2, 0.25) is 0 Å². The van der Waals surface area contributed by atoms with Crippen LogP contribution in [0.5, 0.6) is 5.75 Å². The Bertz CT molecular complexity index is 212. The molecule has 0 bridgehead atoms. The SMILES string of the molecule is CCc1c(O)cccc1F. The first-order valence-electron chi connectivity index (χ1n) is 3.22. The zero-order valence-corrected chi connectivity index (χ0v) is 5.76. The monoisotopic (exact) mass is 140 g/mol. The molecule has 0 aliphatic rings. The molecule has 0 spiro atoms. The second-order valence-corrected chi connectivity index (χ2v) is 2.09. The molecule has 0 saturated heterocycles. The zero-order valence-electron chi connectivity index (χ0n) is 5.76. The fourth-order valence-corrected chi connectivity index (χ4v) is 0.897. The Morgan fingerprint density at radius 2 is 2.20 bits per heavy atom. The summed E-state index contributed by atoms with van der Waals surface area (Å²) in [5.74, 6) is -0.287. The van der Waals surface area contributed by atoms with E-state index in [0.29, 0.717) is 12.0 Å². The summed E-state index contributed by atoms with van der Waals surface area (Å²) in [7, 11) is 0. The largest absolute Gasteiger partial charge is 0.508 e. The van der Waals surface area contributed by atoms with E-state index in [9.17, 15) is 4.39 Å². The van der Waals surface area contributed by atoms with Crippen LogP contribution in [-0.4, -0.2) is 5.11 Å². The highest BCUT2D eigenvalue weighted by Crippen LogP contribution is 2.19. The number of hydrogen-bond donors (Lipinski definition) is 1. The lowest BCUT2D eigenvalue weighted by Gasteiger charge is -2.00. The third-order valence-corrected chi connectivity index (χ3v) is 1.45. The lowest BCUT2D eigenvalue weighted by atomic mass is 10.1. The molecule has 0 unspecified atom stereocenters. The summed E-state index contributed by atoms with van der Waals surface area (Å²) in [6.45, 7) is 1.80. The van der Waals surface area contributed by atoms with Gasteiger partial charge in [-0.1, -0.05) is 13.0 Å². The molecule has 0 amide bonds. The number of hydrogen-bond acceptors (Lipinski definition) is 1. The Hall–Kier alpha value is -1.05. The molecule has 1 aromatic carbocycles. The van der Waals surface area contributed by atoms with E-state index in [0.717, 1.165) is 0 Å². The van der Waals surface area contributed by atoms with Crippen LogP contribution >= 0.6 is 0 Å². The van der Waals surface area contributed by atoms with E-state index in [-0.39, 0.29) is 11.6 Å². The Kier molecular flexibility index (Phi) is 1.90. The highest BCUT2D eigenvalue weighted by atomic mass is 19.1. The van der Waals surface area contributed by atoms with Gasteiger partial charge in [-0.15, -0.1) is 0 Å². The molecule has 0 aliphatic heterocycles. The molecule has 10 heavy (non-hydrogen) atoms. The van der Waals surface area contributed by atoms with Crippen molar-refractivity contribution in [1.82, 2.24) is 0 Å². The van der Waals surface area contributed by atoms with Crippen molar-refractivity contribution in [3.8, 4) is 5.75 Å². The van der Waals surface area contributed by atoms with Crippen molar-refractivity contribution in [1.29, 1.82) is 0 Å². The van der Waals surface area contributed by atoms with E-state index in [1.54, 1.807) is 6.92 Å². The number of rotatable bonds is 1. The third-order valence-electron chi connectivity index (χ3n) is 1.45. The first-order chi connectivity index (χ1) is 4.75. The van der Waals surface area contributed by atoms with E-state index in [2.05, 4.69) is 0 Å². The summed E-state index contributed by atoms with van der Waals surface area (Å²) in [6.07, 6.45) is 0.526. The van der Waals surface area contributed by atoms with Gasteiger partial charge in [-0.25, -0.2) is 4.39 Å². The van der Waals surface area contributed by atoms with Crippen LogP contribution in [0, 0.1) is 5.82 Å². The molecule has 2 heteroatoms. The number of halogens is 1. The van der Waals surface area contributed by atoms with E-state index in [1.807, 2.05) is 0 Å². The minimum Gasteiger partial charge on any atom is -0.508 e. The molecule has 54 valence electrons. The smallest absolute Gasteiger partial charge is 0.130 e. The van der Waals surface area contributed by atoms with E-state index in [1.165, 1.54) is 18.2 Å². The molecule has 0 heterocycles. The molecular formula is C8H9FO. The molecule has 0 radical (unpaired) electrons. The predicted octanol–water partition coefficient (Wildman–Crippen LogP) is 2.09. The normalized spacial score (nSPS) is 9.80. The van der Waals surface area contributed by atoms with Crippen LogP contribution in [0.15, 0.2) is 18.2 Å². The quantitative estimate of drug-likeness (QED) is 0.633. The maximum atomic E-state index is 12.7. The van der Waals surface area contributed by atoms with Crippen molar-refractivity contribution < 1.29 is 9.50 Å². The van der Waals surface area contributed by atoms with Gasteiger partial charge >= 0.3 is 0 Å². The summed E-state index contributed by atoms with van der Waals surface area (Å²) in [6, 6.07) is 4.32. The van der Waals surface area contributed by atoms with Crippen LogP contribution < -0.4 is 0 Å². The Morgan fingerprint density at radius 1 is 1.50 bits per heavy atom. The van der Waals surface area contributed by atoms with E-state index in [4.69, 9.17) is 5.11 Å². The number of benzene rings is 1. The molecule has 0 aromatic heterocycles. The Balaban J connectivity index is 3.17. The van der Waals surface area contributed by atoms with Gasteiger partial charge in [0.1, 0.15) is 11.6 Å². The minimum atomic E-state index is -0.331. The van der Waals surface area contributed by atoms with Gasteiger partial charge in [0.05, 0.1) is 0 Å². The van der Waals surface area contributed by atoms with Crippen LogP contribution in [0.1, 0.15) is 12.5 Å². The zero-order chi connectivity index (χ0) is 7.56. The summed E-state index contributed by atoms with van der Waals surface area (Å²) >= 11 is 0. The maximum Gasteiger partial charge on any atom is 0.130 e. The van der Waals surface area contributed by atoms with Crippen LogP contribution in [0.25, 0.3) is 0 Å². The van der Waals surface area contributed by atoms with Crippen molar-refractivity contribution in [3.05, 3.63) is 29.6 Å². The van der Waals surface area contributed by atoms with Gasteiger partial charge in [0.25, 0.3) is 0 Å². The molecule has 1 N–H and O–H groups in total. The molecule has 0 aliphatic carbocycles. The summed E-state index contributed by atoms with van der Waals surface area (Å²) in [5.41, 5.74) is 0.391. The molecule has 0 fully saturated rings. The van der Waals surface area contributed by atoms with Crippen molar-refractivity contribution in [2.75, 3.05) is 0 Å². The topological polar surface area (TPSA) is 20.2 Å². The predicted molar refractivity (Wildman–Crippen MR) is 37.4 cm³/mol. The van der Waals surface area contributed by atoms with Crippen LogP contribution in [0.2, 0.25) is 0 Å². The van der Waals surface area contributed by atoms with Gasteiger partial charge < -0.3 is 5.11 Å². The van der Waals surface area contributed by atoms with Crippen molar-refractivity contribution >= 4 is 0 Å². The summed E-state index contributed by atoms with van der Waals surface area (Å²) in [5, 5.41) is 9.05. The van der Waals surface area contributed by atoms with Crippen molar-refractivity contribution in [3.63, 3.8) is 0 Å². The molecule has 1 rings (SSSR count). The van der Waals surface area contributed by atoms with Crippen molar-refractivity contribution in [2.24, 2.45) is 0 Å². The van der Waals surface area contributed by atoms with Gasteiger partial charge in [-0.3, -0.25) is 0 Å². The van der Waals surface area contributed by atoms with Crippen LogP contribution in [0.3, 0.4) is 0 Å². The second kappa shape index (κ2) is 2.69. The Labute approximate surface area is 59.1 Å². The third kappa shape index (κ3) is 1.10. The van der Waals surface area contributed by atoms with Gasteiger partial charge in [-0.2, -0.15) is 0 Å². The van der Waals surface area contributed by atoms with Gasteiger partial charge in [-0.05, 0) is 18.6 Å². The summed E-state index contributed by atoms with van der Waals surface area (Å²) < 4.78 is 12.7.